The minimum absolute atomic E-state index is 0.000125. The van der Waals surface area contributed by atoms with Crippen molar-refractivity contribution in [2.24, 2.45) is 5.41 Å². The first kappa shape index (κ1) is 33.6. The fourth-order valence-electron chi connectivity index (χ4n) is 4.29. The molecular formula is C29H38N2O12. The molecule has 43 heavy (non-hydrogen) atoms. The highest BCUT2D eigenvalue weighted by atomic mass is 16.7. The Morgan fingerprint density at radius 3 is 2.30 bits per heavy atom. The van der Waals surface area contributed by atoms with Gasteiger partial charge < -0.3 is 40.0 Å². The quantitative estimate of drug-likeness (QED) is 0.112. The number of amides is 3. The molecule has 2 aliphatic heterocycles. The zero-order valence-electron chi connectivity index (χ0n) is 24.2. The van der Waals surface area contributed by atoms with Gasteiger partial charge in [0.25, 0.3) is 11.8 Å². The van der Waals surface area contributed by atoms with E-state index in [0.717, 1.165) is 22.6 Å². The Bertz CT molecular complexity index is 1220. The smallest absolute Gasteiger partial charge is 0.335 e. The van der Waals surface area contributed by atoms with Crippen molar-refractivity contribution < 1.29 is 58.6 Å². The molecule has 2 heterocycles. The van der Waals surface area contributed by atoms with Crippen molar-refractivity contribution in [2.45, 2.75) is 83.8 Å². The van der Waals surface area contributed by atoms with Crippen molar-refractivity contribution in [2.75, 3.05) is 13.1 Å². The predicted octanol–water partition coefficient (Wildman–Crippen LogP) is -0.199. The van der Waals surface area contributed by atoms with E-state index in [1.165, 1.54) is 6.07 Å². The van der Waals surface area contributed by atoms with E-state index in [9.17, 15) is 44.4 Å². The number of carboxylic acids is 1. The van der Waals surface area contributed by atoms with Gasteiger partial charge in [-0.1, -0.05) is 6.07 Å². The van der Waals surface area contributed by atoms with E-state index in [1.807, 2.05) is 0 Å². The van der Waals surface area contributed by atoms with Gasteiger partial charge in [0.1, 0.15) is 30.7 Å². The Morgan fingerprint density at radius 2 is 1.67 bits per heavy atom. The number of aliphatic hydroxyl groups excluding tert-OH is 3. The summed E-state index contributed by atoms with van der Waals surface area (Å²) in [5, 5.41) is 42.5. The number of carbonyl (C=O) groups is 5. The van der Waals surface area contributed by atoms with Crippen LogP contribution in [0.25, 0.3) is 0 Å². The van der Waals surface area contributed by atoms with Gasteiger partial charge in [-0.2, -0.15) is 0 Å². The van der Waals surface area contributed by atoms with Crippen LogP contribution in [0.1, 0.15) is 51.2 Å². The molecule has 3 rings (SSSR count). The Hall–Kier alpha value is -3.85. The predicted molar refractivity (Wildman–Crippen MR) is 147 cm³/mol. The van der Waals surface area contributed by atoms with Crippen LogP contribution in [-0.2, 0) is 46.5 Å². The van der Waals surface area contributed by atoms with Crippen LogP contribution < -0.4 is 10.1 Å². The Labute approximate surface area is 248 Å². The molecule has 1 aromatic rings. The monoisotopic (exact) mass is 606 g/mol. The maximum atomic E-state index is 12.4. The first-order valence-electron chi connectivity index (χ1n) is 13.9. The summed E-state index contributed by atoms with van der Waals surface area (Å²) in [4.78, 5) is 60.1. The van der Waals surface area contributed by atoms with E-state index in [2.05, 4.69) is 5.32 Å². The van der Waals surface area contributed by atoms with Gasteiger partial charge in [0, 0.05) is 37.2 Å². The lowest BCUT2D eigenvalue weighted by Crippen LogP contribution is -2.61. The van der Waals surface area contributed by atoms with E-state index in [-0.39, 0.29) is 31.2 Å². The summed E-state index contributed by atoms with van der Waals surface area (Å²) in [7, 11) is 0. The molecule has 2 aliphatic rings. The molecule has 1 fully saturated rings. The number of aliphatic hydroxyl groups is 3. The number of carboxylic acid groups (broad SMARTS) is 1. The van der Waals surface area contributed by atoms with E-state index in [1.54, 1.807) is 32.9 Å². The van der Waals surface area contributed by atoms with Crippen LogP contribution >= 0.6 is 0 Å². The largest absolute Gasteiger partial charge is 0.479 e. The van der Waals surface area contributed by atoms with Crippen molar-refractivity contribution >= 4 is 29.7 Å². The van der Waals surface area contributed by atoms with Gasteiger partial charge in [0.2, 0.25) is 12.2 Å². The first-order chi connectivity index (χ1) is 20.2. The summed E-state index contributed by atoms with van der Waals surface area (Å²) in [5.74, 6) is -3.08. The van der Waals surface area contributed by atoms with Gasteiger partial charge in [0.15, 0.2) is 6.10 Å². The van der Waals surface area contributed by atoms with Crippen LogP contribution in [0.5, 0.6) is 5.75 Å². The number of nitrogens with zero attached hydrogens (tertiary/aromatic N) is 1. The molecule has 0 saturated carbocycles. The van der Waals surface area contributed by atoms with E-state index in [0.29, 0.717) is 31.4 Å². The van der Waals surface area contributed by atoms with E-state index in [4.69, 9.17) is 14.2 Å². The van der Waals surface area contributed by atoms with Crippen LogP contribution in [0.2, 0.25) is 0 Å². The molecular weight excluding hydrogens is 568 g/mol. The summed E-state index contributed by atoms with van der Waals surface area (Å²) >= 11 is 0. The number of benzene rings is 1. The van der Waals surface area contributed by atoms with Crippen LogP contribution in [-0.4, -0.2) is 98.8 Å². The summed E-state index contributed by atoms with van der Waals surface area (Å²) in [5.41, 5.74) is 0.451. The number of hydrogen-bond acceptors (Lipinski definition) is 11. The third kappa shape index (κ3) is 9.07. The Morgan fingerprint density at radius 1 is 1.00 bits per heavy atom. The molecule has 0 bridgehead atoms. The molecule has 0 aliphatic carbocycles. The fourth-order valence-corrected chi connectivity index (χ4v) is 4.29. The second kappa shape index (κ2) is 14.6. The average Bonchev–Trinajstić information content (AvgIpc) is 3.27. The van der Waals surface area contributed by atoms with Crippen molar-refractivity contribution in [1.29, 1.82) is 0 Å². The Balaban J connectivity index is 1.59. The minimum Gasteiger partial charge on any atom is -0.479 e. The molecule has 236 valence electrons. The highest BCUT2D eigenvalue weighted by Crippen LogP contribution is 2.29. The topological polar surface area (TPSA) is 209 Å². The van der Waals surface area contributed by atoms with Gasteiger partial charge in [-0.05, 0) is 57.7 Å². The second-order valence-electron chi connectivity index (χ2n) is 11.3. The fraction of sp³-hybridized carbons (Fsp3) is 0.552. The van der Waals surface area contributed by atoms with Gasteiger partial charge in [-0.25, -0.2) is 4.79 Å². The molecule has 5 atom stereocenters. The molecule has 0 aromatic heterocycles. The molecule has 3 amide bonds. The lowest BCUT2D eigenvalue weighted by atomic mass is 9.97. The van der Waals surface area contributed by atoms with Crippen LogP contribution in [0.4, 0.5) is 0 Å². The summed E-state index contributed by atoms with van der Waals surface area (Å²) in [6.45, 7) is 5.25. The van der Waals surface area contributed by atoms with E-state index < -0.39 is 59.9 Å². The van der Waals surface area contributed by atoms with Crippen LogP contribution in [0, 0.1) is 5.41 Å². The minimum atomic E-state index is -1.87. The molecule has 14 nitrogen and oxygen atoms in total. The number of nitrogens with one attached hydrogen (secondary N) is 1. The lowest BCUT2D eigenvalue weighted by molar-refractivity contribution is -0.271. The maximum Gasteiger partial charge on any atom is 0.335 e. The van der Waals surface area contributed by atoms with Crippen molar-refractivity contribution in [3.05, 3.63) is 41.5 Å². The average molecular weight is 607 g/mol. The zero-order valence-corrected chi connectivity index (χ0v) is 24.2. The maximum absolute atomic E-state index is 12.4. The number of imide groups is 1. The van der Waals surface area contributed by atoms with Gasteiger partial charge in [0.05, 0.1) is 5.41 Å². The standard InChI is InChI=1S/C29H38N2O12/c1-29(2,3)28(40)41-15-17-14-16(6-4-5-12-30-19(32)11-13-31-20(33)9-10-21(31)34)7-8-18(17)42-27-24(37)22(35)23(36)25(43-27)26(38)39/h7-10,14,22-25,27,35-37H,4-6,11-13,15H2,1-3H3,(H,30,32)(H,38,39)/t22?,23-,24+,25-,27+/m0/s1. The number of rotatable bonds is 13. The number of ether oxygens (including phenoxy) is 3. The van der Waals surface area contributed by atoms with Gasteiger partial charge >= 0.3 is 11.9 Å². The molecule has 0 spiro atoms. The SMILES string of the molecule is CC(C)(C)C(=O)OCc1cc(CCCCNC(=O)CCN2C(=O)C=CC2=O)ccc1O[C@@H]1O[C@H](C(=O)O)[C@@H](O)C(O)[C@H]1O. The van der Waals surface area contributed by atoms with Crippen molar-refractivity contribution in [1.82, 2.24) is 10.2 Å². The third-order valence-electron chi connectivity index (χ3n) is 6.83. The second-order valence-corrected chi connectivity index (χ2v) is 11.3. The number of esters is 1. The van der Waals surface area contributed by atoms with E-state index >= 15 is 0 Å². The van der Waals surface area contributed by atoms with Gasteiger partial charge in [-0.3, -0.25) is 24.1 Å². The van der Waals surface area contributed by atoms with Crippen LogP contribution in [0.15, 0.2) is 30.4 Å². The Kier molecular flexibility index (Phi) is 11.4. The summed E-state index contributed by atoms with van der Waals surface area (Å²) in [6.07, 6.45) is -4.76. The first-order valence-corrected chi connectivity index (χ1v) is 13.9. The van der Waals surface area contributed by atoms with Crippen LogP contribution in [0.3, 0.4) is 0 Å². The summed E-state index contributed by atoms with van der Waals surface area (Å²) < 4.78 is 16.4. The lowest BCUT2D eigenvalue weighted by Gasteiger charge is -2.38. The number of hydrogen-bond donors (Lipinski definition) is 5. The molecule has 14 heteroatoms. The molecule has 5 N–H and O–H groups in total. The van der Waals surface area contributed by atoms with Crippen molar-refractivity contribution in [3.8, 4) is 5.75 Å². The van der Waals surface area contributed by atoms with Gasteiger partial charge in [-0.15, -0.1) is 0 Å². The highest BCUT2D eigenvalue weighted by molar-refractivity contribution is 6.13. The van der Waals surface area contributed by atoms with Crippen molar-refractivity contribution in [3.63, 3.8) is 0 Å². The highest BCUT2D eigenvalue weighted by Gasteiger charge is 2.48. The number of aliphatic carboxylic acids is 1. The molecule has 1 unspecified atom stereocenters. The molecule has 1 aromatic carbocycles. The number of unbranched alkanes of at least 4 members (excludes halogenated alkanes) is 1. The zero-order chi connectivity index (χ0) is 31.9. The summed E-state index contributed by atoms with van der Waals surface area (Å²) in [6, 6.07) is 4.98. The molecule has 1 saturated heterocycles. The number of carbonyl (C=O) groups excluding carboxylic acids is 4. The molecule has 0 radical (unpaired) electrons. The normalized spacial score (nSPS) is 23.8. The number of aryl methyl sites for hydroxylation is 1. The third-order valence-corrected chi connectivity index (χ3v) is 6.83.